The molecule has 8 heteroatoms. The van der Waals surface area contributed by atoms with Gasteiger partial charge in [-0.3, -0.25) is 14.9 Å². The van der Waals surface area contributed by atoms with Crippen LogP contribution in [0.5, 0.6) is 0 Å². The van der Waals surface area contributed by atoms with Crippen molar-refractivity contribution >= 4 is 29.3 Å². The molecule has 0 N–H and O–H groups in total. The lowest BCUT2D eigenvalue weighted by molar-refractivity contribution is -0.384. The first-order chi connectivity index (χ1) is 10.8. The third-order valence-corrected chi connectivity index (χ3v) is 3.09. The lowest BCUT2D eigenvalue weighted by Gasteiger charge is -2.21. The highest BCUT2D eigenvalue weighted by molar-refractivity contribution is 5.87. The van der Waals surface area contributed by atoms with Gasteiger partial charge in [0.1, 0.15) is 5.69 Å². The number of hydrogen-bond donors (Lipinski definition) is 0. The number of nitrogens with zero attached hydrogens (tertiary/aromatic N) is 3. The molecule has 0 saturated heterocycles. The minimum atomic E-state index is -0.551. The van der Waals surface area contributed by atoms with E-state index in [1.165, 1.54) is 41.2 Å². The van der Waals surface area contributed by atoms with Crippen molar-refractivity contribution in [3.05, 3.63) is 40.0 Å². The zero-order valence-corrected chi connectivity index (χ0v) is 13.5. The predicted molar refractivity (Wildman–Crippen MR) is 86.1 cm³/mol. The van der Waals surface area contributed by atoms with E-state index in [0.717, 1.165) is 0 Å². The van der Waals surface area contributed by atoms with Crippen LogP contribution in [0.2, 0.25) is 0 Å². The summed E-state index contributed by atoms with van der Waals surface area (Å²) in [6.07, 6.45) is 2.60. The first-order valence-electron chi connectivity index (χ1n) is 6.72. The molecule has 124 valence electrons. The minimum Gasteiger partial charge on any atom is -0.466 e. The van der Waals surface area contributed by atoms with Gasteiger partial charge >= 0.3 is 5.97 Å². The van der Waals surface area contributed by atoms with Crippen LogP contribution >= 0.6 is 0 Å². The topological polar surface area (TPSA) is 93.0 Å². The quantitative estimate of drug-likeness (QED) is 0.339. The summed E-state index contributed by atoms with van der Waals surface area (Å²) < 4.78 is 4.47. The van der Waals surface area contributed by atoms with Gasteiger partial charge in [0.2, 0.25) is 5.91 Å². The highest BCUT2D eigenvalue weighted by atomic mass is 16.6. The number of likely N-dealkylation sites (N-methyl/N-ethyl adjacent to an activating group) is 2. The summed E-state index contributed by atoms with van der Waals surface area (Å²) >= 11 is 0. The molecule has 0 aromatic heterocycles. The van der Waals surface area contributed by atoms with E-state index in [2.05, 4.69) is 4.74 Å². The van der Waals surface area contributed by atoms with E-state index in [9.17, 15) is 19.7 Å². The minimum absolute atomic E-state index is 0.0190. The van der Waals surface area contributed by atoms with Gasteiger partial charge in [0.05, 0.1) is 18.6 Å². The molecule has 0 radical (unpaired) electrons. The van der Waals surface area contributed by atoms with Crippen molar-refractivity contribution in [1.82, 2.24) is 4.90 Å². The number of benzene rings is 1. The van der Waals surface area contributed by atoms with Crippen molar-refractivity contribution < 1.29 is 19.2 Å². The van der Waals surface area contributed by atoms with Gasteiger partial charge in [0, 0.05) is 33.3 Å². The van der Waals surface area contributed by atoms with Crippen LogP contribution in [0.1, 0.15) is 5.56 Å². The Bertz CT molecular complexity index is 640. The van der Waals surface area contributed by atoms with Crippen molar-refractivity contribution in [2.24, 2.45) is 0 Å². The third kappa shape index (κ3) is 5.10. The molecule has 23 heavy (non-hydrogen) atoms. The van der Waals surface area contributed by atoms with E-state index < -0.39 is 10.9 Å². The molecule has 0 aliphatic rings. The molecule has 0 aliphatic carbocycles. The van der Waals surface area contributed by atoms with Gasteiger partial charge in [-0.15, -0.1) is 0 Å². The first-order valence-corrected chi connectivity index (χ1v) is 6.72. The van der Waals surface area contributed by atoms with Crippen LogP contribution < -0.4 is 4.90 Å². The number of amides is 1. The normalized spacial score (nSPS) is 10.4. The van der Waals surface area contributed by atoms with Crippen LogP contribution in [0.15, 0.2) is 24.3 Å². The highest BCUT2D eigenvalue weighted by Gasteiger charge is 2.19. The number of carbonyl (C=O) groups excluding carboxylic acids is 2. The summed E-state index contributed by atoms with van der Waals surface area (Å²) in [6.45, 7) is 0.0190. The molecule has 0 unspecified atom stereocenters. The van der Waals surface area contributed by atoms with Gasteiger partial charge in [0.15, 0.2) is 0 Å². The van der Waals surface area contributed by atoms with Gasteiger partial charge in [0.25, 0.3) is 5.69 Å². The van der Waals surface area contributed by atoms with Crippen LogP contribution in [0, 0.1) is 10.1 Å². The molecule has 0 saturated carbocycles. The van der Waals surface area contributed by atoms with E-state index >= 15 is 0 Å². The molecule has 1 amide bonds. The average molecular weight is 321 g/mol. The van der Waals surface area contributed by atoms with Crippen molar-refractivity contribution in [2.45, 2.75) is 0 Å². The van der Waals surface area contributed by atoms with Crippen molar-refractivity contribution in [2.75, 3.05) is 39.7 Å². The largest absolute Gasteiger partial charge is 0.466 e. The molecule has 1 rings (SSSR count). The Labute approximate surface area is 134 Å². The number of esters is 1. The molecular formula is C15H19N3O5. The number of ether oxygens (including phenoxy) is 1. The monoisotopic (exact) mass is 321 g/mol. The lowest BCUT2D eigenvalue weighted by atomic mass is 10.1. The summed E-state index contributed by atoms with van der Waals surface area (Å²) in [7, 11) is 6.08. The molecule has 8 nitrogen and oxygen atoms in total. The highest BCUT2D eigenvalue weighted by Crippen LogP contribution is 2.29. The fraction of sp³-hybridized carbons (Fsp3) is 0.333. The SMILES string of the molecule is COC(=O)/C=C/c1ccc(N(C)CC(=O)N(C)C)c([N+](=O)[O-])c1. The van der Waals surface area contributed by atoms with E-state index in [0.29, 0.717) is 11.3 Å². The van der Waals surface area contributed by atoms with Crippen LogP contribution in [0.4, 0.5) is 11.4 Å². The summed E-state index contributed by atoms with van der Waals surface area (Å²) in [4.78, 5) is 36.5. The average Bonchev–Trinajstić information content (AvgIpc) is 2.51. The molecule has 1 aromatic carbocycles. The Kier molecular flexibility index (Phi) is 6.25. The summed E-state index contributed by atoms with van der Waals surface area (Å²) in [5.74, 6) is -0.720. The van der Waals surface area contributed by atoms with Gasteiger partial charge in [-0.2, -0.15) is 0 Å². The Hall–Kier alpha value is -2.90. The smallest absolute Gasteiger partial charge is 0.330 e. The maximum atomic E-state index is 11.7. The summed E-state index contributed by atoms with van der Waals surface area (Å²) in [5, 5.41) is 11.3. The number of nitro groups is 1. The second kappa shape index (κ2) is 7.92. The number of hydrogen-bond acceptors (Lipinski definition) is 6. The summed E-state index contributed by atoms with van der Waals surface area (Å²) in [5.41, 5.74) is 0.657. The fourth-order valence-corrected chi connectivity index (χ4v) is 1.77. The number of methoxy groups -OCH3 is 1. The van der Waals surface area contributed by atoms with Crippen LogP contribution in [-0.4, -0.2) is 56.5 Å². The maximum absolute atomic E-state index is 11.7. The van der Waals surface area contributed by atoms with E-state index in [-0.39, 0.29) is 18.1 Å². The molecule has 0 atom stereocenters. The van der Waals surface area contributed by atoms with Gasteiger partial charge in [-0.05, 0) is 17.7 Å². The van der Waals surface area contributed by atoms with Gasteiger partial charge in [-0.1, -0.05) is 6.07 Å². The van der Waals surface area contributed by atoms with Crippen molar-refractivity contribution in [1.29, 1.82) is 0 Å². The number of anilines is 1. The molecule has 0 heterocycles. The van der Waals surface area contributed by atoms with Crippen LogP contribution in [0.25, 0.3) is 6.08 Å². The van der Waals surface area contributed by atoms with Crippen molar-refractivity contribution in [3.63, 3.8) is 0 Å². The molecule has 0 fully saturated rings. The maximum Gasteiger partial charge on any atom is 0.330 e. The molecule has 0 spiro atoms. The van der Waals surface area contributed by atoms with Crippen molar-refractivity contribution in [3.8, 4) is 0 Å². The van der Waals surface area contributed by atoms with E-state index in [4.69, 9.17) is 0 Å². The first kappa shape index (κ1) is 18.1. The van der Waals surface area contributed by atoms with E-state index in [1.807, 2.05) is 0 Å². The van der Waals surface area contributed by atoms with Crippen LogP contribution in [0.3, 0.4) is 0 Å². The Morgan fingerprint density at radius 1 is 1.30 bits per heavy atom. The third-order valence-electron chi connectivity index (χ3n) is 3.09. The Morgan fingerprint density at radius 3 is 2.48 bits per heavy atom. The number of nitro benzene ring substituents is 1. The zero-order valence-electron chi connectivity index (χ0n) is 13.5. The Morgan fingerprint density at radius 2 is 1.96 bits per heavy atom. The van der Waals surface area contributed by atoms with E-state index in [1.54, 1.807) is 27.2 Å². The lowest BCUT2D eigenvalue weighted by Crippen LogP contribution is -2.34. The predicted octanol–water partition coefficient (Wildman–Crippen LogP) is 1.31. The Balaban J connectivity index is 3.09. The second-order valence-electron chi connectivity index (χ2n) is 5.01. The van der Waals surface area contributed by atoms with Gasteiger partial charge in [-0.25, -0.2) is 4.79 Å². The van der Waals surface area contributed by atoms with Crippen LogP contribution in [-0.2, 0) is 14.3 Å². The van der Waals surface area contributed by atoms with Gasteiger partial charge < -0.3 is 14.5 Å². The molecular weight excluding hydrogens is 302 g/mol. The number of rotatable bonds is 6. The molecule has 0 aliphatic heterocycles. The molecule has 0 bridgehead atoms. The molecule has 1 aromatic rings. The zero-order chi connectivity index (χ0) is 17.6. The fourth-order valence-electron chi connectivity index (χ4n) is 1.77. The standard InChI is InChI=1S/C15H19N3O5/c1-16(2)14(19)10-17(3)12-7-5-11(6-8-15(20)23-4)9-13(12)18(21)22/h5-9H,10H2,1-4H3/b8-6+. The second-order valence-corrected chi connectivity index (χ2v) is 5.01. The summed E-state index contributed by atoms with van der Waals surface area (Å²) in [6, 6.07) is 4.50. The number of carbonyl (C=O) groups is 2.